The Hall–Kier alpha value is -1.46. The fourth-order valence-electron chi connectivity index (χ4n) is 2.25. The van der Waals surface area contributed by atoms with Crippen LogP contribution in [0.25, 0.3) is 0 Å². The van der Waals surface area contributed by atoms with Gasteiger partial charge in [-0.1, -0.05) is 6.07 Å². The highest BCUT2D eigenvalue weighted by atomic mass is 32.1. The molecule has 98 valence electrons. The highest BCUT2D eigenvalue weighted by Crippen LogP contribution is 2.36. The Morgan fingerprint density at radius 3 is 2.84 bits per heavy atom. The van der Waals surface area contributed by atoms with Crippen molar-refractivity contribution in [1.29, 1.82) is 0 Å². The normalized spacial score (nSPS) is 18.7. The van der Waals surface area contributed by atoms with E-state index in [-0.39, 0.29) is 11.9 Å². The minimum atomic E-state index is 0.00242. The lowest BCUT2D eigenvalue weighted by atomic mass is 10.1. The Kier molecular flexibility index (Phi) is 3.24. The van der Waals surface area contributed by atoms with Crippen LogP contribution in [0, 0.1) is 6.92 Å². The summed E-state index contributed by atoms with van der Waals surface area (Å²) >= 11 is 3.41. The summed E-state index contributed by atoms with van der Waals surface area (Å²) < 4.78 is 0. The molecule has 0 N–H and O–H groups in total. The van der Waals surface area contributed by atoms with Crippen LogP contribution in [0.4, 0.5) is 0 Å². The number of thiophene rings is 2. The van der Waals surface area contributed by atoms with Crippen LogP contribution >= 0.6 is 22.7 Å². The van der Waals surface area contributed by atoms with Crippen LogP contribution in [-0.4, -0.2) is 16.6 Å². The molecule has 1 atom stereocenters. The van der Waals surface area contributed by atoms with E-state index in [0.29, 0.717) is 0 Å². The first-order chi connectivity index (χ1) is 9.15. The summed E-state index contributed by atoms with van der Waals surface area (Å²) in [6, 6.07) is 8.34. The summed E-state index contributed by atoms with van der Waals surface area (Å²) in [5, 5.41) is 8.18. The Labute approximate surface area is 120 Å². The average molecular weight is 290 g/mol. The number of carbonyl (C=O) groups excluding carboxylic acids is 1. The highest BCUT2D eigenvalue weighted by Gasteiger charge is 2.32. The van der Waals surface area contributed by atoms with E-state index < -0.39 is 0 Å². The molecule has 3 nitrogen and oxygen atoms in total. The molecule has 0 bridgehead atoms. The van der Waals surface area contributed by atoms with E-state index in [1.54, 1.807) is 34.6 Å². The van der Waals surface area contributed by atoms with Crippen molar-refractivity contribution >= 4 is 34.3 Å². The van der Waals surface area contributed by atoms with E-state index in [1.807, 2.05) is 11.4 Å². The van der Waals surface area contributed by atoms with Gasteiger partial charge in [0.15, 0.2) is 0 Å². The largest absolute Gasteiger partial charge is 0.273 e. The first-order valence-corrected chi connectivity index (χ1v) is 7.82. The molecular weight excluding hydrogens is 276 g/mol. The molecule has 0 spiro atoms. The molecule has 2 aromatic rings. The molecule has 0 radical (unpaired) electrons. The van der Waals surface area contributed by atoms with Gasteiger partial charge in [0.05, 0.1) is 16.6 Å². The molecule has 0 saturated heterocycles. The van der Waals surface area contributed by atoms with Gasteiger partial charge in [0.25, 0.3) is 0 Å². The molecule has 1 aliphatic rings. The van der Waals surface area contributed by atoms with Crippen LogP contribution in [-0.2, 0) is 4.79 Å². The number of carbonyl (C=O) groups is 1. The lowest BCUT2D eigenvalue weighted by molar-refractivity contribution is -0.130. The van der Waals surface area contributed by atoms with Gasteiger partial charge >= 0.3 is 0 Å². The third kappa shape index (κ3) is 2.35. The summed E-state index contributed by atoms with van der Waals surface area (Å²) in [6.07, 6.45) is 0.806. The molecule has 0 fully saturated rings. The fourth-order valence-corrected chi connectivity index (χ4v) is 3.93. The minimum absolute atomic E-state index is 0.00242. The van der Waals surface area contributed by atoms with Crippen LogP contribution in [0.5, 0.6) is 0 Å². The van der Waals surface area contributed by atoms with E-state index in [9.17, 15) is 4.79 Å². The lowest BCUT2D eigenvalue weighted by Crippen LogP contribution is -2.23. The van der Waals surface area contributed by atoms with Crippen molar-refractivity contribution in [3.05, 3.63) is 44.3 Å². The molecule has 1 aliphatic heterocycles. The molecule has 0 aliphatic carbocycles. The smallest absolute Gasteiger partial charge is 0.240 e. The maximum absolute atomic E-state index is 11.8. The second-order valence-electron chi connectivity index (χ2n) is 4.56. The standard InChI is InChI=1S/C14H14N2OS2/c1-9-5-6-14(19-9)12-8-11(13-4-3-7-18-13)15-16(12)10(2)17/h3-7,12H,8H2,1-2H3/t12-/m0/s1. The van der Waals surface area contributed by atoms with Gasteiger partial charge in [0, 0.05) is 23.1 Å². The molecule has 5 heteroatoms. The van der Waals surface area contributed by atoms with Crippen LogP contribution in [0.2, 0.25) is 0 Å². The van der Waals surface area contributed by atoms with Crippen LogP contribution in [0.15, 0.2) is 34.7 Å². The van der Waals surface area contributed by atoms with Crippen molar-refractivity contribution in [2.75, 3.05) is 0 Å². The lowest BCUT2D eigenvalue weighted by Gasteiger charge is -2.18. The predicted molar refractivity (Wildman–Crippen MR) is 79.8 cm³/mol. The molecule has 0 saturated carbocycles. The summed E-state index contributed by atoms with van der Waals surface area (Å²) in [4.78, 5) is 15.4. The van der Waals surface area contributed by atoms with Gasteiger partial charge in [0.2, 0.25) is 5.91 Å². The number of rotatable bonds is 2. The van der Waals surface area contributed by atoms with Gasteiger partial charge in [-0.15, -0.1) is 22.7 Å². The SMILES string of the molecule is CC(=O)N1N=C(c2cccs2)C[C@H]1c1ccc(C)s1. The molecule has 1 amide bonds. The number of amides is 1. The van der Waals surface area contributed by atoms with Crippen molar-refractivity contribution in [3.8, 4) is 0 Å². The Bertz CT molecular complexity index is 628. The van der Waals surface area contributed by atoms with E-state index in [4.69, 9.17) is 0 Å². The van der Waals surface area contributed by atoms with Gasteiger partial charge < -0.3 is 0 Å². The van der Waals surface area contributed by atoms with Crippen LogP contribution in [0.3, 0.4) is 0 Å². The van der Waals surface area contributed by atoms with E-state index in [2.05, 4.69) is 30.2 Å². The first kappa shape index (κ1) is 12.6. The number of hydrogen-bond acceptors (Lipinski definition) is 4. The van der Waals surface area contributed by atoms with Gasteiger partial charge in [-0.2, -0.15) is 5.10 Å². The zero-order valence-electron chi connectivity index (χ0n) is 10.8. The van der Waals surface area contributed by atoms with E-state index in [1.165, 1.54) is 9.75 Å². The molecule has 2 aromatic heterocycles. The summed E-state index contributed by atoms with van der Waals surface area (Å²) in [5.74, 6) is 0.00242. The Morgan fingerprint density at radius 2 is 2.26 bits per heavy atom. The Morgan fingerprint density at radius 1 is 1.42 bits per heavy atom. The predicted octanol–water partition coefficient (Wildman–Crippen LogP) is 3.82. The molecule has 3 heterocycles. The first-order valence-electron chi connectivity index (χ1n) is 6.12. The minimum Gasteiger partial charge on any atom is -0.273 e. The third-order valence-electron chi connectivity index (χ3n) is 3.13. The molecule has 3 rings (SSSR count). The van der Waals surface area contributed by atoms with E-state index >= 15 is 0 Å². The second kappa shape index (κ2) is 4.90. The van der Waals surface area contributed by atoms with Crippen LogP contribution < -0.4 is 0 Å². The monoisotopic (exact) mass is 290 g/mol. The van der Waals surface area contributed by atoms with Gasteiger partial charge in [-0.05, 0) is 30.5 Å². The third-order valence-corrected chi connectivity index (χ3v) is 5.15. The topological polar surface area (TPSA) is 32.7 Å². The van der Waals surface area contributed by atoms with Crippen molar-refractivity contribution < 1.29 is 4.79 Å². The van der Waals surface area contributed by atoms with E-state index in [0.717, 1.165) is 17.0 Å². The highest BCUT2D eigenvalue weighted by molar-refractivity contribution is 7.12. The fraction of sp³-hybridized carbons (Fsp3) is 0.286. The number of aryl methyl sites for hydroxylation is 1. The molecular formula is C14H14N2OS2. The van der Waals surface area contributed by atoms with Crippen molar-refractivity contribution in [3.63, 3.8) is 0 Å². The molecule has 0 aromatic carbocycles. The van der Waals surface area contributed by atoms with Gasteiger partial charge in [0.1, 0.15) is 0 Å². The second-order valence-corrected chi connectivity index (χ2v) is 6.82. The molecule has 19 heavy (non-hydrogen) atoms. The van der Waals surface area contributed by atoms with Crippen molar-refractivity contribution in [1.82, 2.24) is 5.01 Å². The summed E-state index contributed by atoms with van der Waals surface area (Å²) in [6.45, 7) is 3.66. The van der Waals surface area contributed by atoms with Crippen molar-refractivity contribution in [2.24, 2.45) is 5.10 Å². The molecule has 0 unspecified atom stereocenters. The number of hydrazone groups is 1. The number of hydrogen-bond donors (Lipinski definition) is 0. The van der Waals surface area contributed by atoms with Crippen molar-refractivity contribution in [2.45, 2.75) is 26.3 Å². The zero-order chi connectivity index (χ0) is 13.4. The summed E-state index contributed by atoms with van der Waals surface area (Å²) in [5.41, 5.74) is 1.02. The van der Waals surface area contributed by atoms with Crippen LogP contribution in [0.1, 0.15) is 34.0 Å². The summed E-state index contributed by atoms with van der Waals surface area (Å²) in [7, 11) is 0. The van der Waals surface area contributed by atoms with Gasteiger partial charge in [-0.25, -0.2) is 5.01 Å². The van der Waals surface area contributed by atoms with Gasteiger partial charge in [-0.3, -0.25) is 4.79 Å². The number of nitrogens with zero attached hydrogens (tertiary/aromatic N) is 2. The Balaban J connectivity index is 1.93. The maximum atomic E-state index is 11.8. The maximum Gasteiger partial charge on any atom is 0.240 e. The zero-order valence-corrected chi connectivity index (χ0v) is 12.4. The average Bonchev–Trinajstić information content (AvgIpc) is 3.07. The quantitative estimate of drug-likeness (QED) is 0.827.